The first-order valence-corrected chi connectivity index (χ1v) is 8.58. The lowest BCUT2D eigenvalue weighted by molar-refractivity contribution is 0.102. The molecular formula is C14H9Br2ClFN5O. The molecule has 1 aromatic carbocycles. The van der Waals surface area contributed by atoms with E-state index in [9.17, 15) is 9.18 Å². The number of carbonyl (C=O) groups is 1. The van der Waals surface area contributed by atoms with Gasteiger partial charge in [-0.15, -0.1) is 0 Å². The average molecular weight is 478 g/mol. The number of carbonyl (C=O) groups excluding carboxylic acids is 1. The maximum Gasteiger partial charge on any atom is 0.276 e. The minimum atomic E-state index is -0.416. The molecule has 0 saturated carbocycles. The Balaban J connectivity index is 1.81. The van der Waals surface area contributed by atoms with Gasteiger partial charge < -0.3 is 5.32 Å². The number of rotatable bonds is 4. The van der Waals surface area contributed by atoms with Crippen molar-refractivity contribution in [2.45, 2.75) is 6.54 Å². The minimum Gasteiger partial charge on any atom is -0.303 e. The van der Waals surface area contributed by atoms with E-state index in [0.29, 0.717) is 25.3 Å². The molecular weight excluding hydrogens is 468 g/mol. The number of amides is 1. The molecule has 0 saturated heterocycles. The number of hydrogen-bond donors (Lipinski definition) is 2. The summed E-state index contributed by atoms with van der Waals surface area (Å²) in [5.41, 5.74) is 0.594. The van der Waals surface area contributed by atoms with Gasteiger partial charge in [-0.2, -0.15) is 10.2 Å². The van der Waals surface area contributed by atoms with Gasteiger partial charge in [-0.1, -0.05) is 17.7 Å². The lowest BCUT2D eigenvalue weighted by Gasteiger charge is -2.06. The molecule has 124 valence electrons. The quantitative estimate of drug-likeness (QED) is 0.591. The molecule has 0 bridgehead atoms. The lowest BCUT2D eigenvalue weighted by atomic mass is 10.2. The molecule has 0 atom stereocenters. The Bertz CT molecular complexity index is 890. The number of H-pyrrole nitrogens is 1. The summed E-state index contributed by atoms with van der Waals surface area (Å²) in [5.74, 6) is -0.524. The predicted molar refractivity (Wildman–Crippen MR) is 94.7 cm³/mol. The number of benzene rings is 1. The Labute approximate surface area is 157 Å². The SMILES string of the molecule is O=C(Nc1nn(Cc2c(F)cccc2Cl)cc1Br)c1[nH]ncc1Br. The molecule has 2 aromatic heterocycles. The van der Waals surface area contributed by atoms with Crippen molar-refractivity contribution in [3.63, 3.8) is 0 Å². The van der Waals surface area contributed by atoms with Crippen molar-refractivity contribution in [1.82, 2.24) is 20.0 Å². The third-order valence-corrected chi connectivity index (χ3v) is 4.69. The number of anilines is 1. The van der Waals surface area contributed by atoms with E-state index >= 15 is 0 Å². The Morgan fingerprint density at radius 1 is 1.38 bits per heavy atom. The summed E-state index contributed by atoms with van der Waals surface area (Å²) in [6, 6.07) is 4.48. The highest BCUT2D eigenvalue weighted by molar-refractivity contribution is 9.11. The molecule has 0 radical (unpaired) electrons. The lowest BCUT2D eigenvalue weighted by Crippen LogP contribution is -2.14. The molecule has 2 N–H and O–H groups in total. The van der Waals surface area contributed by atoms with Gasteiger partial charge in [0.15, 0.2) is 5.82 Å². The van der Waals surface area contributed by atoms with Crippen LogP contribution in [0.2, 0.25) is 5.02 Å². The number of nitrogens with zero attached hydrogens (tertiary/aromatic N) is 3. The number of aromatic amines is 1. The molecule has 0 unspecified atom stereocenters. The molecule has 0 spiro atoms. The maximum atomic E-state index is 13.9. The van der Waals surface area contributed by atoms with E-state index in [1.165, 1.54) is 23.0 Å². The van der Waals surface area contributed by atoms with Crippen molar-refractivity contribution >= 4 is 55.2 Å². The molecule has 3 rings (SSSR count). The van der Waals surface area contributed by atoms with Gasteiger partial charge in [-0.25, -0.2) is 4.39 Å². The zero-order valence-corrected chi connectivity index (χ0v) is 15.8. The van der Waals surface area contributed by atoms with E-state index in [2.05, 4.69) is 52.5 Å². The van der Waals surface area contributed by atoms with Crippen LogP contribution in [0.25, 0.3) is 0 Å². The number of nitrogens with one attached hydrogen (secondary N) is 2. The Morgan fingerprint density at radius 3 is 2.83 bits per heavy atom. The second-order valence-corrected chi connectivity index (χ2v) is 6.89. The number of halogens is 4. The Morgan fingerprint density at radius 2 is 2.17 bits per heavy atom. The highest BCUT2D eigenvalue weighted by Crippen LogP contribution is 2.25. The van der Waals surface area contributed by atoms with Crippen molar-refractivity contribution in [3.8, 4) is 0 Å². The zero-order chi connectivity index (χ0) is 17.3. The second-order valence-electron chi connectivity index (χ2n) is 4.77. The molecule has 1 amide bonds. The second kappa shape index (κ2) is 7.04. The summed E-state index contributed by atoms with van der Waals surface area (Å²) in [7, 11) is 0. The van der Waals surface area contributed by atoms with E-state index < -0.39 is 11.7 Å². The van der Waals surface area contributed by atoms with Crippen LogP contribution < -0.4 is 5.32 Å². The molecule has 0 aliphatic rings. The largest absolute Gasteiger partial charge is 0.303 e. The smallest absolute Gasteiger partial charge is 0.276 e. The van der Waals surface area contributed by atoms with Gasteiger partial charge >= 0.3 is 0 Å². The van der Waals surface area contributed by atoms with Gasteiger partial charge in [0.25, 0.3) is 5.91 Å². The zero-order valence-electron chi connectivity index (χ0n) is 11.9. The summed E-state index contributed by atoms with van der Waals surface area (Å²) in [6.07, 6.45) is 3.10. The van der Waals surface area contributed by atoms with Crippen LogP contribution in [0.5, 0.6) is 0 Å². The summed E-state index contributed by atoms with van der Waals surface area (Å²) in [5, 5.41) is 13.5. The van der Waals surface area contributed by atoms with Crippen LogP contribution in [-0.2, 0) is 6.54 Å². The predicted octanol–water partition coefficient (Wildman–Crippen LogP) is 4.22. The van der Waals surface area contributed by atoms with Crippen molar-refractivity contribution < 1.29 is 9.18 Å². The molecule has 3 aromatic rings. The summed E-state index contributed by atoms with van der Waals surface area (Å²) < 4.78 is 16.4. The van der Waals surface area contributed by atoms with Gasteiger partial charge in [-0.05, 0) is 44.0 Å². The fourth-order valence-corrected chi connectivity index (χ4v) is 3.02. The van der Waals surface area contributed by atoms with E-state index in [-0.39, 0.29) is 12.2 Å². The third kappa shape index (κ3) is 3.52. The molecule has 0 aliphatic carbocycles. The molecule has 2 heterocycles. The fraction of sp³-hybridized carbons (Fsp3) is 0.0714. The van der Waals surface area contributed by atoms with Crippen LogP contribution in [0.4, 0.5) is 10.2 Å². The van der Waals surface area contributed by atoms with Crippen LogP contribution in [0.1, 0.15) is 16.1 Å². The van der Waals surface area contributed by atoms with Crippen molar-refractivity contribution in [1.29, 1.82) is 0 Å². The highest BCUT2D eigenvalue weighted by Gasteiger charge is 2.17. The highest BCUT2D eigenvalue weighted by atomic mass is 79.9. The molecule has 10 heteroatoms. The third-order valence-electron chi connectivity index (χ3n) is 3.15. The first kappa shape index (κ1) is 17.1. The fourth-order valence-electron chi connectivity index (χ4n) is 2.01. The van der Waals surface area contributed by atoms with Gasteiger partial charge in [0.2, 0.25) is 0 Å². The van der Waals surface area contributed by atoms with Gasteiger partial charge in [-0.3, -0.25) is 14.6 Å². The summed E-state index contributed by atoms with van der Waals surface area (Å²) >= 11 is 12.5. The Hall–Kier alpha value is -1.71. The molecule has 6 nitrogen and oxygen atoms in total. The minimum absolute atomic E-state index is 0.133. The number of hydrogen-bond acceptors (Lipinski definition) is 3. The van der Waals surface area contributed by atoms with Crippen LogP contribution in [0.15, 0.2) is 39.5 Å². The van der Waals surface area contributed by atoms with Crippen LogP contribution in [0, 0.1) is 5.82 Å². The van der Waals surface area contributed by atoms with Crippen molar-refractivity contribution in [3.05, 3.63) is 61.6 Å². The standard InChI is InChI=1S/C14H9Br2ClFN5O/c15-8-4-19-21-12(8)14(24)20-13-9(16)6-23(22-13)5-7-10(17)2-1-3-11(7)18/h1-4,6H,5H2,(H,19,21)(H,20,22,24). The maximum absolute atomic E-state index is 13.9. The summed E-state index contributed by atoms with van der Waals surface area (Å²) in [6.45, 7) is 0.133. The van der Waals surface area contributed by atoms with Crippen LogP contribution in [-0.4, -0.2) is 25.9 Å². The van der Waals surface area contributed by atoms with E-state index in [4.69, 9.17) is 11.6 Å². The van der Waals surface area contributed by atoms with E-state index in [0.717, 1.165) is 0 Å². The normalized spacial score (nSPS) is 10.8. The molecule has 24 heavy (non-hydrogen) atoms. The van der Waals surface area contributed by atoms with Crippen LogP contribution >= 0.6 is 43.5 Å². The first-order valence-electron chi connectivity index (χ1n) is 6.61. The van der Waals surface area contributed by atoms with E-state index in [1.54, 1.807) is 12.3 Å². The first-order chi connectivity index (χ1) is 11.5. The van der Waals surface area contributed by atoms with E-state index in [1.807, 2.05) is 0 Å². The topological polar surface area (TPSA) is 75.6 Å². The molecule has 0 fully saturated rings. The van der Waals surface area contributed by atoms with Gasteiger partial charge in [0.1, 0.15) is 11.5 Å². The molecule has 0 aliphatic heterocycles. The Kier molecular flexibility index (Phi) is 5.02. The average Bonchev–Trinajstić information content (AvgIpc) is 3.09. The van der Waals surface area contributed by atoms with Gasteiger partial charge in [0.05, 0.1) is 21.7 Å². The van der Waals surface area contributed by atoms with Crippen LogP contribution in [0.3, 0.4) is 0 Å². The summed E-state index contributed by atoms with van der Waals surface area (Å²) in [4.78, 5) is 12.2. The van der Waals surface area contributed by atoms with Crippen molar-refractivity contribution in [2.75, 3.05) is 5.32 Å². The van der Waals surface area contributed by atoms with Gasteiger partial charge in [0, 0.05) is 16.8 Å². The number of aromatic nitrogens is 4. The monoisotopic (exact) mass is 475 g/mol. The van der Waals surface area contributed by atoms with Crippen molar-refractivity contribution in [2.24, 2.45) is 0 Å².